The number of nitrogens with zero attached hydrogens (tertiary/aromatic N) is 3. The number of aliphatic hydroxyl groups is 1. The Balaban J connectivity index is 1.83. The molecule has 10 heteroatoms. The summed E-state index contributed by atoms with van der Waals surface area (Å²) in [5, 5.41) is 15.3. The van der Waals surface area contributed by atoms with Crippen molar-refractivity contribution in [2.75, 3.05) is 10.8 Å². The molecule has 1 atom stereocenters. The van der Waals surface area contributed by atoms with Crippen molar-refractivity contribution in [2.45, 2.75) is 49.9 Å². The smallest absolute Gasteiger partial charge is 0.366 e. The Morgan fingerprint density at radius 2 is 1.73 bits per heavy atom. The molecular formula is C27H28F3N3O3S. The van der Waals surface area contributed by atoms with E-state index in [0.717, 1.165) is 23.2 Å². The minimum Gasteiger partial charge on any atom is -0.366 e. The topological polar surface area (TPSA) is 75.4 Å². The minimum absolute atomic E-state index is 0.00475. The molecule has 1 aliphatic rings. The number of rotatable bonds is 8. The summed E-state index contributed by atoms with van der Waals surface area (Å²) in [6, 6.07) is 14.1. The molecule has 1 fully saturated rings. The maximum absolute atomic E-state index is 14.5. The average Bonchev–Trinajstić information content (AvgIpc) is 3.57. The fourth-order valence-electron chi connectivity index (χ4n) is 3.93. The Morgan fingerprint density at radius 1 is 1.08 bits per heavy atom. The van der Waals surface area contributed by atoms with Crippen LogP contribution in [0.3, 0.4) is 0 Å². The lowest BCUT2D eigenvalue weighted by atomic mass is 9.91. The van der Waals surface area contributed by atoms with Gasteiger partial charge in [-0.1, -0.05) is 50.2 Å². The van der Waals surface area contributed by atoms with Gasteiger partial charge in [-0.15, -0.1) is 0 Å². The van der Waals surface area contributed by atoms with E-state index in [0.29, 0.717) is 6.54 Å². The molecule has 1 heterocycles. The van der Waals surface area contributed by atoms with Crippen LogP contribution < -0.4 is 4.31 Å². The Labute approximate surface area is 214 Å². The number of para-hydroxylation sites is 1. The Kier molecular flexibility index (Phi) is 7.40. The quantitative estimate of drug-likeness (QED) is 0.418. The molecule has 0 radical (unpaired) electrons. The zero-order valence-corrected chi connectivity index (χ0v) is 21.3. The van der Waals surface area contributed by atoms with E-state index >= 15 is 0 Å². The number of alkyl halides is 3. The second-order valence-electron chi connectivity index (χ2n) is 9.58. The summed E-state index contributed by atoms with van der Waals surface area (Å²) in [5.74, 6) is 4.61. The third-order valence-electron chi connectivity index (χ3n) is 5.99. The summed E-state index contributed by atoms with van der Waals surface area (Å²) in [4.78, 5) is -0.0530. The first-order valence-electron chi connectivity index (χ1n) is 11.9. The van der Waals surface area contributed by atoms with E-state index in [1.165, 1.54) is 36.4 Å². The van der Waals surface area contributed by atoms with Gasteiger partial charge in [0.15, 0.2) is 0 Å². The van der Waals surface area contributed by atoms with E-state index in [-0.39, 0.29) is 34.7 Å². The number of anilines is 1. The van der Waals surface area contributed by atoms with Crippen LogP contribution in [0.25, 0.3) is 0 Å². The molecule has 0 aliphatic heterocycles. The molecule has 3 aromatic rings. The van der Waals surface area contributed by atoms with Gasteiger partial charge in [0.05, 0.1) is 10.6 Å². The summed E-state index contributed by atoms with van der Waals surface area (Å²) in [6.45, 7) is 4.50. The summed E-state index contributed by atoms with van der Waals surface area (Å²) < 4.78 is 73.1. The zero-order valence-electron chi connectivity index (χ0n) is 20.5. The van der Waals surface area contributed by atoms with Crippen LogP contribution >= 0.6 is 0 Å². The molecule has 6 nitrogen and oxygen atoms in total. The summed E-state index contributed by atoms with van der Waals surface area (Å²) in [7, 11) is -4.22. The van der Waals surface area contributed by atoms with Gasteiger partial charge in [0.25, 0.3) is 15.6 Å². The van der Waals surface area contributed by atoms with Crippen LogP contribution in [-0.2, 0) is 22.2 Å². The van der Waals surface area contributed by atoms with Gasteiger partial charge in [-0.05, 0) is 60.8 Å². The van der Waals surface area contributed by atoms with Crippen LogP contribution in [0, 0.1) is 23.7 Å². The number of sulfonamides is 1. The highest BCUT2D eigenvalue weighted by atomic mass is 32.2. The van der Waals surface area contributed by atoms with Crippen molar-refractivity contribution in [3.63, 3.8) is 0 Å². The van der Waals surface area contributed by atoms with Crippen LogP contribution in [0.4, 0.5) is 18.9 Å². The Bertz CT molecular complexity index is 1400. The molecule has 0 spiro atoms. The molecule has 37 heavy (non-hydrogen) atoms. The van der Waals surface area contributed by atoms with Crippen molar-refractivity contribution in [3.8, 4) is 11.8 Å². The average molecular weight is 532 g/mol. The number of hydrogen-bond acceptors (Lipinski definition) is 4. The summed E-state index contributed by atoms with van der Waals surface area (Å²) >= 11 is 0. The van der Waals surface area contributed by atoms with Gasteiger partial charge in [-0.2, -0.15) is 18.3 Å². The van der Waals surface area contributed by atoms with Crippen molar-refractivity contribution in [1.82, 2.24) is 9.78 Å². The van der Waals surface area contributed by atoms with E-state index in [1.807, 2.05) is 19.8 Å². The molecule has 4 rings (SSSR count). The lowest BCUT2D eigenvalue weighted by Crippen LogP contribution is -2.43. The van der Waals surface area contributed by atoms with Crippen molar-refractivity contribution in [3.05, 3.63) is 78.1 Å². The monoisotopic (exact) mass is 531 g/mol. The molecule has 1 aliphatic carbocycles. The van der Waals surface area contributed by atoms with Crippen LogP contribution in [0.1, 0.15) is 37.9 Å². The van der Waals surface area contributed by atoms with Crippen LogP contribution in [-0.4, -0.2) is 36.0 Å². The Morgan fingerprint density at radius 3 is 2.35 bits per heavy atom. The highest BCUT2D eigenvalue weighted by Gasteiger charge is 2.56. The molecule has 1 N–H and O–H groups in total. The molecule has 1 saturated carbocycles. The number of benzene rings is 2. The standard InChI is InChI=1S/C27H28F3N3O3S/c1-20(2)18-32-17-15-22(31-32)14-16-26(34,27(28,29)30)24-10-6-7-11-25(24)33(19-21-12-13-21)37(35,36)23-8-4-3-5-9-23/h3-11,15,17,20-21,34H,12-13,18-19H2,1-2H3. The van der Waals surface area contributed by atoms with E-state index in [9.17, 15) is 26.7 Å². The van der Waals surface area contributed by atoms with E-state index in [4.69, 9.17) is 0 Å². The lowest BCUT2D eigenvalue weighted by molar-refractivity contribution is -0.240. The molecule has 0 amide bonds. The van der Waals surface area contributed by atoms with Gasteiger partial charge < -0.3 is 5.11 Å². The number of halogens is 3. The molecular weight excluding hydrogens is 503 g/mol. The van der Waals surface area contributed by atoms with Gasteiger partial charge in [0, 0.05) is 24.8 Å². The molecule has 0 bridgehead atoms. The molecule has 2 aromatic carbocycles. The molecule has 0 saturated heterocycles. The van der Waals surface area contributed by atoms with Gasteiger partial charge in [-0.25, -0.2) is 8.42 Å². The fourth-order valence-corrected chi connectivity index (χ4v) is 5.51. The third-order valence-corrected chi connectivity index (χ3v) is 7.78. The SMILES string of the molecule is CC(C)Cn1ccc(C#CC(O)(c2ccccc2N(CC2CC2)S(=O)(=O)c2ccccc2)C(F)(F)F)n1. The van der Waals surface area contributed by atoms with Crippen molar-refractivity contribution in [1.29, 1.82) is 0 Å². The van der Waals surface area contributed by atoms with E-state index in [1.54, 1.807) is 29.1 Å². The van der Waals surface area contributed by atoms with Gasteiger partial charge in [0.1, 0.15) is 5.69 Å². The lowest BCUT2D eigenvalue weighted by Gasteiger charge is -2.32. The first-order chi connectivity index (χ1) is 17.4. The van der Waals surface area contributed by atoms with Crippen molar-refractivity contribution < 1.29 is 26.7 Å². The van der Waals surface area contributed by atoms with Crippen molar-refractivity contribution in [2.24, 2.45) is 11.8 Å². The minimum atomic E-state index is -5.22. The van der Waals surface area contributed by atoms with Gasteiger partial charge in [-0.3, -0.25) is 8.99 Å². The second-order valence-corrected chi connectivity index (χ2v) is 11.4. The van der Waals surface area contributed by atoms with Crippen LogP contribution in [0.15, 0.2) is 71.8 Å². The predicted molar refractivity (Wildman–Crippen MR) is 134 cm³/mol. The zero-order chi connectivity index (χ0) is 26.8. The molecule has 196 valence electrons. The predicted octanol–water partition coefficient (Wildman–Crippen LogP) is 4.95. The van der Waals surface area contributed by atoms with Gasteiger partial charge >= 0.3 is 6.18 Å². The second kappa shape index (κ2) is 10.2. The molecule has 1 unspecified atom stereocenters. The molecule has 1 aromatic heterocycles. The first kappa shape index (κ1) is 26.8. The highest BCUT2D eigenvalue weighted by molar-refractivity contribution is 7.92. The maximum Gasteiger partial charge on any atom is 0.433 e. The highest BCUT2D eigenvalue weighted by Crippen LogP contribution is 2.44. The maximum atomic E-state index is 14.5. The largest absolute Gasteiger partial charge is 0.433 e. The fraction of sp³-hybridized carbons (Fsp3) is 0.370. The summed E-state index contributed by atoms with van der Waals surface area (Å²) in [6.07, 6.45) is -2.08. The normalized spacial score (nSPS) is 15.6. The number of hydrogen-bond donors (Lipinski definition) is 1. The Hall–Kier alpha value is -3.29. The van der Waals surface area contributed by atoms with E-state index < -0.39 is 27.4 Å². The number of aromatic nitrogens is 2. The first-order valence-corrected chi connectivity index (χ1v) is 13.4. The van der Waals surface area contributed by atoms with Crippen molar-refractivity contribution >= 4 is 15.7 Å². The van der Waals surface area contributed by atoms with Gasteiger partial charge in [0.2, 0.25) is 0 Å². The third kappa shape index (κ3) is 5.84. The van der Waals surface area contributed by atoms with Crippen LogP contribution in [0.5, 0.6) is 0 Å². The van der Waals surface area contributed by atoms with E-state index in [2.05, 4.69) is 11.0 Å². The van der Waals surface area contributed by atoms with Crippen LogP contribution in [0.2, 0.25) is 0 Å². The summed E-state index contributed by atoms with van der Waals surface area (Å²) in [5.41, 5.74) is -4.50.